The third-order valence-electron chi connectivity index (χ3n) is 2.47. The van der Waals surface area contributed by atoms with E-state index in [2.05, 4.69) is 21.7 Å². The van der Waals surface area contributed by atoms with Gasteiger partial charge < -0.3 is 15.5 Å². The molecule has 0 aliphatic heterocycles. The molecule has 5 heteroatoms. The lowest BCUT2D eigenvalue weighted by Crippen LogP contribution is -1.97. The number of nitrogens with zero attached hydrogens (tertiary/aromatic N) is 1. The molecule has 3 aromatic rings. The van der Waals surface area contributed by atoms with Crippen LogP contribution in [0.2, 0.25) is 0 Å². The van der Waals surface area contributed by atoms with Gasteiger partial charge in [-0.15, -0.1) is 0 Å². The molecule has 17 heavy (non-hydrogen) atoms. The van der Waals surface area contributed by atoms with Crippen LogP contribution in [0.4, 0.5) is 11.7 Å². The van der Waals surface area contributed by atoms with Crippen molar-refractivity contribution >= 4 is 34.1 Å². The van der Waals surface area contributed by atoms with Gasteiger partial charge in [-0.2, -0.15) is 16.3 Å². The van der Waals surface area contributed by atoms with E-state index >= 15 is 0 Å². The van der Waals surface area contributed by atoms with Crippen LogP contribution in [-0.2, 0) is 6.54 Å². The van der Waals surface area contributed by atoms with Gasteiger partial charge in [-0.1, -0.05) is 6.07 Å². The van der Waals surface area contributed by atoms with Gasteiger partial charge in [0.15, 0.2) is 5.58 Å². The van der Waals surface area contributed by atoms with Gasteiger partial charge >= 0.3 is 0 Å². The second kappa shape index (κ2) is 4.10. The summed E-state index contributed by atoms with van der Waals surface area (Å²) in [6.45, 7) is 0.705. The molecule has 4 nitrogen and oxygen atoms in total. The first-order valence-corrected chi connectivity index (χ1v) is 6.17. The molecule has 0 aliphatic carbocycles. The monoisotopic (exact) mass is 245 g/mol. The summed E-state index contributed by atoms with van der Waals surface area (Å²) in [4.78, 5) is 4.31. The number of anilines is 2. The van der Waals surface area contributed by atoms with E-state index in [-0.39, 0.29) is 0 Å². The number of oxazole rings is 1. The van der Waals surface area contributed by atoms with Gasteiger partial charge in [0.25, 0.3) is 6.01 Å². The number of hydrogen-bond acceptors (Lipinski definition) is 5. The van der Waals surface area contributed by atoms with Crippen LogP contribution in [-0.4, -0.2) is 4.98 Å². The third kappa shape index (κ3) is 1.97. The van der Waals surface area contributed by atoms with E-state index < -0.39 is 0 Å². The Morgan fingerprint density at radius 2 is 2.29 bits per heavy atom. The molecule has 0 atom stereocenters. The smallest absolute Gasteiger partial charge is 0.296 e. The van der Waals surface area contributed by atoms with Crippen LogP contribution in [0.1, 0.15) is 5.56 Å². The van der Waals surface area contributed by atoms with Gasteiger partial charge in [0.2, 0.25) is 0 Å². The van der Waals surface area contributed by atoms with Gasteiger partial charge in [-0.25, -0.2) is 0 Å². The summed E-state index contributed by atoms with van der Waals surface area (Å²) in [6.07, 6.45) is 0. The van der Waals surface area contributed by atoms with E-state index in [4.69, 9.17) is 10.2 Å². The molecule has 0 spiro atoms. The van der Waals surface area contributed by atoms with Gasteiger partial charge in [0.05, 0.1) is 5.69 Å². The lowest BCUT2D eigenvalue weighted by molar-refractivity contribution is 0.614. The zero-order valence-corrected chi connectivity index (χ0v) is 9.83. The van der Waals surface area contributed by atoms with Crippen LogP contribution in [0.3, 0.4) is 0 Å². The number of aromatic nitrogens is 1. The van der Waals surface area contributed by atoms with Crippen LogP contribution >= 0.6 is 11.3 Å². The van der Waals surface area contributed by atoms with E-state index in [0.717, 1.165) is 0 Å². The maximum Gasteiger partial charge on any atom is 0.296 e. The minimum Gasteiger partial charge on any atom is -0.423 e. The van der Waals surface area contributed by atoms with E-state index in [1.54, 1.807) is 11.3 Å². The number of nitrogens with one attached hydrogen (secondary N) is 1. The first kappa shape index (κ1) is 10.2. The van der Waals surface area contributed by atoms with E-state index in [1.807, 2.05) is 23.6 Å². The Hall–Kier alpha value is -2.01. The fourth-order valence-corrected chi connectivity index (χ4v) is 2.28. The summed E-state index contributed by atoms with van der Waals surface area (Å²) < 4.78 is 5.55. The Kier molecular flexibility index (Phi) is 2.45. The Morgan fingerprint density at radius 1 is 1.35 bits per heavy atom. The summed E-state index contributed by atoms with van der Waals surface area (Å²) in [5.74, 6) is 0. The third-order valence-corrected chi connectivity index (χ3v) is 3.21. The number of thiophene rings is 1. The number of hydrogen-bond donors (Lipinski definition) is 2. The predicted molar refractivity (Wildman–Crippen MR) is 70.1 cm³/mol. The van der Waals surface area contributed by atoms with Crippen molar-refractivity contribution in [2.75, 3.05) is 11.1 Å². The van der Waals surface area contributed by atoms with Crippen LogP contribution in [0.25, 0.3) is 11.1 Å². The fourth-order valence-electron chi connectivity index (χ4n) is 1.62. The molecule has 0 amide bonds. The fraction of sp³-hybridized carbons (Fsp3) is 0.0833. The number of fused-ring (bicyclic) bond motifs is 1. The Morgan fingerprint density at radius 3 is 3.06 bits per heavy atom. The predicted octanol–water partition coefficient (Wildman–Crippen LogP) is 3.08. The van der Waals surface area contributed by atoms with Crippen molar-refractivity contribution in [1.29, 1.82) is 0 Å². The van der Waals surface area contributed by atoms with Crippen LogP contribution in [0.5, 0.6) is 0 Å². The molecule has 86 valence electrons. The van der Waals surface area contributed by atoms with Crippen molar-refractivity contribution in [3.8, 4) is 0 Å². The van der Waals surface area contributed by atoms with E-state index in [9.17, 15) is 0 Å². The highest BCUT2D eigenvalue weighted by Gasteiger charge is 2.07. The summed E-state index contributed by atoms with van der Waals surface area (Å²) in [6, 6.07) is 8.09. The van der Waals surface area contributed by atoms with Gasteiger partial charge in [-0.05, 0) is 34.5 Å². The van der Waals surface area contributed by atoms with Crippen molar-refractivity contribution in [1.82, 2.24) is 4.98 Å². The molecular formula is C12H11N3OS. The molecule has 0 aliphatic rings. The number of nitrogen functional groups attached to an aromatic ring is 1. The van der Waals surface area contributed by atoms with Crippen LogP contribution < -0.4 is 11.1 Å². The first-order chi connectivity index (χ1) is 8.33. The number of benzene rings is 1. The highest BCUT2D eigenvalue weighted by atomic mass is 32.1. The largest absolute Gasteiger partial charge is 0.423 e. The maximum absolute atomic E-state index is 5.81. The van der Waals surface area contributed by atoms with Crippen molar-refractivity contribution in [2.45, 2.75) is 6.54 Å². The van der Waals surface area contributed by atoms with Crippen molar-refractivity contribution in [2.24, 2.45) is 0 Å². The molecule has 0 fully saturated rings. The minimum absolute atomic E-state index is 0.504. The van der Waals surface area contributed by atoms with Crippen LogP contribution in [0, 0.1) is 0 Å². The average molecular weight is 245 g/mol. The molecule has 3 rings (SSSR count). The zero-order chi connectivity index (χ0) is 11.7. The Bertz CT molecular complexity index is 630. The van der Waals surface area contributed by atoms with Gasteiger partial charge in [0.1, 0.15) is 5.52 Å². The average Bonchev–Trinajstić information content (AvgIpc) is 2.95. The highest BCUT2D eigenvalue weighted by Crippen LogP contribution is 2.23. The zero-order valence-electron chi connectivity index (χ0n) is 9.01. The topological polar surface area (TPSA) is 64.1 Å². The molecule has 0 saturated carbocycles. The number of para-hydroxylation sites is 1. The molecule has 1 aromatic carbocycles. The SMILES string of the molecule is Nc1cccc2oc(NCc3ccsc3)nc12. The molecule has 0 bridgehead atoms. The number of rotatable bonds is 3. The normalized spacial score (nSPS) is 10.8. The summed E-state index contributed by atoms with van der Waals surface area (Å²) >= 11 is 1.67. The maximum atomic E-state index is 5.81. The molecule has 3 N–H and O–H groups in total. The highest BCUT2D eigenvalue weighted by molar-refractivity contribution is 7.07. The molecular weight excluding hydrogens is 234 g/mol. The van der Waals surface area contributed by atoms with Crippen molar-refractivity contribution in [3.63, 3.8) is 0 Å². The second-order valence-electron chi connectivity index (χ2n) is 3.70. The summed E-state index contributed by atoms with van der Waals surface area (Å²) in [7, 11) is 0. The molecule has 2 aromatic heterocycles. The lowest BCUT2D eigenvalue weighted by Gasteiger charge is -1.97. The quantitative estimate of drug-likeness (QED) is 0.696. The van der Waals surface area contributed by atoms with E-state index in [0.29, 0.717) is 29.3 Å². The summed E-state index contributed by atoms with van der Waals surface area (Å²) in [5, 5.41) is 7.27. The molecule has 2 heterocycles. The molecule has 0 saturated heterocycles. The minimum atomic E-state index is 0.504. The molecule has 0 unspecified atom stereocenters. The van der Waals surface area contributed by atoms with Crippen LogP contribution in [0.15, 0.2) is 39.4 Å². The van der Waals surface area contributed by atoms with Crippen molar-refractivity contribution in [3.05, 3.63) is 40.6 Å². The number of nitrogens with two attached hydrogens (primary N) is 1. The second-order valence-corrected chi connectivity index (χ2v) is 4.48. The Balaban J connectivity index is 1.84. The first-order valence-electron chi connectivity index (χ1n) is 5.23. The lowest BCUT2D eigenvalue weighted by atomic mass is 10.3. The van der Waals surface area contributed by atoms with Gasteiger partial charge in [-0.3, -0.25) is 0 Å². The standard InChI is InChI=1S/C12H11N3OS/c13-9-2-1-3-10-11(9)15-12(16-10)14-6-8-4-5-17-7-8/h1-5,7H,6,13H2,(H,14,15). The van der Waals surface area contributed by atoms with Gasteiger partial charge in [0, 0.05) is 6.54 Å². The molecule has 0 radical (unpaired) electrons. The Labute approximate surface area is 102 Å². The summed E-state index contributed by atoms with van der Waals surface area (Å²) in [5.41, 5.74) is 9.07. The van der Waals surface area contributed by atoms with E-state index in [1.165, 1.54) is 5.56 Å². The van der Waals surface area contributed by atoms with Crippen molar-refractivity contribution < 1.29 is 4.42 Å².